The SMILES string of the molecule is CCN(CC)S(=O)(=O)c1ccc(O)c(NC(=O)COc2cc(Cl)ccc2Cl)c1. The van der Waals surface area contributed by atoms with Gasteiger partial charge < -0.3 is 15.2 Å². The lowest BCUT2D eigenvalue weighted by molar-refractivity contribution is -0.118. The van der Waals surface area contributed by atoms with Crippen molar-refractivity contribution in [2.24, 2.45) is 0 Å². The van der Waals surface area contributed by atoms with Crippen molar-refractivity contribution in [2.75, 3.05) is 25.0 Å². The quantitative estimate of drug-likeness (QED) is 0.601. The Labute approximate surface area is 173 Å². The summed E-state index contributed by atoms with van der Waals surface area (Å²) in [5.74, 6) is -0.650. The second-order valence-corrected chi connectivity index (χ2v) is 8.46. The molecule has 10 heteroatoms. The van der Waals surface area contributed by atoms with Gasteiger partial charge in [0.25, 0.3) is 5.91 Å². The third kappa shape index (κ3) is 5.29. The Morgan fingerprint density at radius 3 is 2.46 bits per heavy atom. The van der Waals surface area contributed by atoms with E-state index in [4.69, 9.17) is 27.9 Å². The minimum absolute atomic E-state index is 0.0388. The Balaban J connectivity index is 2.15. The van der Waals surface area contributed by atoms with Crippen LogP contribution in [0.5, 0.6) is 11.5 Å². The summed E-state index contributed by atoms with van der Waals surface area (Å²) in [6.45, 7) is 3.64. The highest BCUT2D eigenvalue weighted by Crippen LogP contribution is 2.29. The van der Waals surface area contributed by atoms with Gasteiger partial charge in [-0.1, -0.05) is 37.0 Å². The van der Waals surface area contributed by atoms with Crippen LogP contribution >= 0.6 is 23.2 Å². The first-order chi connectivity index (χ1) is 13.2. The number of hydrogen-bond acceptors (Lipinski definition) is 5. The van der Waals surface area contributed by atoms with Gasteiger partial charge in [0.05, 0.1) is 15.6 Å². The van der Waals surface area contributed by atoms with Gasteiger partial charge in [0, 0.05) is 24.2 Å². The lowest BCUT2D eigenvalue weighted by Gasteiger charge is -2.19. The van der Waals surface area contributed by atoms with Crippen molar-refractivity contribution in [1.82, 2.24) is 4.31 Å². The zero-order valence-corrected chi connectivity index (χ0v) is 17.6. The molecule has 2 N–H and O–H groups in total. The number of sulfonamides is 1. The van der Waals surface area contributed by atoms with E-state index in [-0.39, 0.29) is 27.1 Å². The van der Waals surface area contributed by atoms with Gasteiger partial charge in [0.15, 0.2) is 6.61 Å². The molecule has 0 saturated heterocycles. The van der Waals surface area contributed by atoms with E-state index in [2.05, 4.69) is 5.32 Å². The fourth-order valence-corrected chi connectivity index (χ4v) is 4.22. The number of aromatic hydroxyl groups is 1. The molecule has 0 aliphatic rings. The van der Waals surface area contributed by atoms with E-state index in [1.165, 1.54) is 34.6 Å². The molecule has 0 aliphatic heterocycles. The number of nitrogens with zero attached hydrogens (tertiary/aromatic N) is 1. The summed E-state index contributed by atoms with van der Waals surface area (Å²) in [5.41, 5.74) is -0.0426. The number of anilines is 1. The van der Waals surface area contributed by atoms with Crippen LogP contribution in [-0.2, 0) is 14.8 Å². The van der Waals surface area contributed by atoms with Crippen LogP contribution < -0.4 is 10.1 Å². The second-order valence-electron chi connectivity index (χ2n) is 5.68. The number of halogens is 2. The van der Waals surface area contributed by atoms with Crippen LogP contribution in [0, 0.1) is 0 Å². The van der Waals surface area contributed by atoms with Gasteiger partial charge in [-0.25, -0.2) is 8.42 Å². The number of phenols is 1. The molecule has 0 heterocycles. The summed E-state index contributed by atoms with van der Waals surface area (Å²) in [5, 5.41) is 13.1. The van der Waals surface area contributed by atoms with Crippen LogP contribution in [0.2, 0.25) is 10.0 Å². The highest BCUT2D eigenvalue weighted by atomic mass is 35.5. The van der Waals surface area contributed by atoms with E-state index in [0.717, 1.165) is 0 Å². The zero-order valence-electron chi connectivity index (χ0n) is 15.3. The topological polar surface area (TPSA) is 95.9 Å². The maximum atomic E-state index is 12.6. The van der Waals surface area contributed by atoms with Crippen molar-refractivity contribution in [3.8, 4) is 11.5 Å². The van der Waals surface area contributed by atoms with Gasteiger partial charge in [0.2, 0.25) is 10.0 Å². The lowest BCUT2D eigenvalue weighted by atomic mass is 10.3. The van der Waals surface area contributed by atoms with Gasteiger partial charge in [-0.3, -0.25) is 4.79 Å². The maximum Gasteiger partial charge on any atom is 0.262 e. The number of benzene rings is 2. The average molecular weight is 447 g/mol. The number of hydrogen-bond donors (Lipinski definition) is 2. The molecule has 0 atom stereocenters. The fourth-order valence-electron chi connectivity index (χ4n) is 2.41. The molecule has 0 aromatic heterocycles. The lowest BCUT2D eigenvalue weighted by Crippen LogP contribution is -2.30. The molecule has 28 heavy (non-hydrogen) atoms. The first-order valence-corrected chi connectivity index (χ1v) is 10.6. The molecular weight excluding hydrogens is 427 g/mol. The normalized spacial score (nSPS) is 11.5. The second kappa shape index (κ2) is 9.47. The molecule has 7 nitrogen and oxygen atoms in total. The molecule has 0 aliphatic carbocycles. The molecule has 0 saturated carbocycles. The summed E-state index contributed by atoms with van der Waals surface area (Å²) in [6.07, 6.45) is 0. The summed E-state index contributed by atoms with van der Waals surface area (Å²) >= 11 is 11.8. The third-order valence-electron chi connectivity index (χ3n) is 3.84. The van der Waals surface area contributed by atoms with E-state index in [1.54, 1.807) is 19.9 Å². The Bertz CT molecular complexity index is 962. The molecule has 0 bridgehead atoms. The van der Waals surface area contributed by atoms with Gasteiger partial charge in [-0.2, -0.15) is 4.31 Å². The van der Waals surface area contributed by atoms with Crippen molar-refractivity contribution < 1.29 is 23.1 Å². The summed E-state index contributed by atoms with van der Waals surface area (Å²) in [4.78, 5) is 12.1. The molecule has 0 fully saturated rings. The highest BCUT2D eigenvalue weighted by Gasteiger charge is 2.23. The van der Waals surface area contributed by atoms with Crippen LogP contribution in [-0.4, -0.2) is 43.4 Å². The third-order valence-corrected chi connectivity index (χ3v) is 6.43. The summed E-state index contributed by atoms with van der Waals surface area (Å²) in [6, 6.07) is 8.27. The molecule has 0 radical (unpaired) electrons. The Hall–Kier alpha value is -2.00. The first-order valence-electron chi connectivity index (χ1n) is 8.39. The number of carbonyl (C=O) groups is 1. The predicted octanol–water partition coefficient (Wildman–Crippen LogP) is 3.75. The molecule has 2 rings (SSSR count). The Kier molecular flexibility index (Phi) is 7.54. The Morgan fingerprint density at radius 1 is 1.14 bits per heavy atom. The van der Waals surface area contributed by atoms with Crippen molar-refractivity contribution in [3.05, 3.63) is 46.4 Å². The Morgan fingerprint density at radius 2 is 1.82 bits per heavy atom. The number of carbonyl (C=O) groups excluding carboxylic acids is 1. The number of nitrogens with one attached hydrogen (secondary N) is 1. The first kappa shape index (κ1) is 22.3. The highest BCUT2D eigenvalue weighted by molar-refractivity contribution is 7.89. The minimum atomic E-state index is -3.73. The summed E-state index contributed by atoms with van der Waals surface area (Å²) < 4.78 is 31.8. The monoisotopic (exact) mass is 446 g/mol. The maximum absolute atomic E-state index is 12.6. The van der Waals surface area contributed by atoms with Crippen molar-refractivity contribution >= 4 is 44.8 Å². The molecular formula is C18H20Cl2N2O5S. The minimum Gasteiger partial charge on any atom is -0.506 e. The smallest absolute Gasteiger partial charge is 0.262 e. The molecule has 0 spiro atoms. The summed E-state index contributed by atoms with van der Waals surface area (Å²) in [7, 11) is -3.73. The van der Waals surface area contributed by atoms with Crippen molar-refractivity contribution in [1.29, 1.82) is 0 Å². The van der Waals surface area contributed by atoms with E-state index < -0.39 is 22.5 Å². The zero-order chi connectivity index (χ0) is 20.9. The predicted molar refractivity (Wildman–Crippen MR) is 109 cm³/mol. The van der Waals surface area contributed by atoms with E-state index in [9.17, 15) is 18.3 Å². The number of rotatable bonds is 8. The van der Waals surface area contributed by atoms with Crippen LogP contribution in [0.3, 0.4) is 0 Å². The van der Waals surface area contributed by atoms with Gasteiger partial charge in [0.1, 0.15) is 11.5 Å². The van der Waals surface area contributed by atoms with Crippen LogP contribution in [0.4, 0.5) is 5.69 Å². The largest absolute Gasteiger partial charge is 0.506 e. The van der Waals surface area contributed by atoms with Gasteiger partial charge in [-0.05, 0) is 30.3 Å². The molecule has 2 aromatic rings. The van der Waals surface area contributed by atoms with E-state index in [1.807, 2.05) is 0 Å². The van der Waals surface area contributed by atoms with Crippen molar-refractivity contribution in [2.45, 2.75) is 18.7 Å². The average Bonchev–Trinajstić information content (AvgIpc) is 2.65. The number of amides is 1. The van der Waals surface area contributed by atoms with E-state index >= 15 is 0 Å². The molecule has 0 unspecified atom stereocenters. The van der Waals surface area contributed by atoms with Gasteiger partial charge in [-0.15, -0.1) is 0 Å². The van der Waals surface area contributed by atoms with E-state index in [0.29, 0.717) is 18.1 Å². The molecule has 1 amide bonds. The molecule has 152 valence electrons. The number of ether oxygens (including phenoxy) is 1. The van der Waals surface area contributed by atoms with Crippen LogP contribution in [0.25, 0.3) is 0 Å². The standard InChI is InChI=1S/C18H20Cl2N2O5S/c1-3-22(4-2)28(25,26)13-6-8-16(23)15(10-13)21-18(24)11-27-17-9-12(19)5-7-14(17)20/h5-10,23H,3-4,11H2,1-2H3,(H,21,24). The van der Waals surface area contributed by atoms with Crippen molar-refractivity contribution in [3.63, 3.8) is 0 Å². The molecule has 2 aromatic carbocycles. The van der Waals surface area contributed by atoms with Gasteiger partial charge >= 0.3 is 0 Å². The fraction of sp³-hybridized carbons (Fsp3) is 0.278. The number of phenolic OH excluding ortho intramolecular Hbond substituents is 1. The van der Waals surface area contributed by atoms with Crippen LogP contribution in [0.15, 0.2) is 41.3 Å². The van der Waals surface area contributed by atoms with Crippen LogP contribution in [0.1, 0.15) is 13.8 Å².